The number of aliphatic hydroxyl groups is 1. The Balaban J connectivity index is 3.62. The van der Waals surface area contributed by atoms with E-state index in [1.165, 1.54) is 0 Å². The van der Waals surface area contributed by atoms with Crippen molar-refractivity contribution in [3.05, 3.63) is 12.7 Å². The number of allylic oxidation sites excluding steroid dienone is 1. The summed E-state index contributed by atoms with van der Waals surface area (Å²) in [6, 6.07) is 0.944. The van der Waals surface area contributed by atoms with Crippen LogP contribution in [0.25, 0.3) is 0 Å². The van der Waals surface area contributed by atoms with Crippen molar-refractivity contribution >= 4 is 8.32 Å². The molecule has 1 atom stereocenters. The molecule has 0 fully saturated rings. The fourth-order valence-electron chi connectivity index (χ4n) is 0.753. The lowest BCUT2D eigenvalue weighted by Crippen LogP contribution is -2.32. The van der Waals surface area contributed by atoms with Gasteiger partial charge in [-0.2, -0.15) is 0 Å². The fourth-order valence-corrected chi connectivity index (χ4v) is 2.26. The van der Waals surface area contributed by atoms with E-state index in [1.807, 2.05) is 6.08 Å². The second kappa shape index (κ2) is 4.69. The first-order valence-electron chi connectivity index (χ1n) is 3.91. The summed E-state index contributed by atoms with van der Waals surface area (Å²) < 4.78 is 5.55. The molecule has 0 saturated carbocycles. The van der Waals surface area contributed by atoms with Crippen molar-refractivity contribution in [3.63, 3.8) is 0 Å². The van der Waals surface area contributed by atoms with Gasteiger partial charge in [-0.3, -0.25) is 0 Å². The van der Waals surface area contributed by atoms with Gasteiger partial charge in [-0.05, 0) is 26.1 Å². The van der Waals surface area contributed by atoms with E-state index < -0.39 is 8.32 Å². The molecule has 1 N–H and O–H groups in total. The third kappa shape index (κ3) is 6.28. The van der Waals surface area contributed by atoms with Crippen LogP contribution in [0.2, 0.25) is 19.1 Å². The summed E-state index contributed by atoms with van der Waals surface area (Å²) in [4.78, 5) is 0. The second-order valence-electron chi connectivity index (χ2n) is 3.41. The molecule has 2 nitrogen and oxygen atoms in total. The van der Waals surface area contributed by atoms with Crippen molar-refractivity contribution in [3.8, 4) is 0 Å². The average molecular weight is 174 g/mol. The molecule has 0 radical (unpaired) electrons. The SMILES string of the molecule is C=CC[Si](C)(C)OCC(C)O. The molecule has 0 aromatic carbocycles. The molecular weight excluding hydrogens is 156 g/mol. The summed E-state index contributed by atoms with van der Waals surface area (Å²) in [7, 11) is -1.54. The molecule has 3 heteroatoms. The van der Waals surface area contributed by atoms with Crippen LogP contribution in [-0.2, 0) is 4.43 Å². The summed E-state index contributed by atoms with van der Waals surface area (Å²) in [5, 5.41) is 8.96. The molecular formula is C8H18O2Si. The van der Waals surface area contributed by atoms with E-state index in [2.05, 4.69) is 19.7 Å². The predicted octanol–water partition coefficient (Wildman–Crippen LogP) is 1.77. The Bertz CT molecular complexity index is 121. The molecule has 0 spiro atoms. The van der Waals surface area contributed by atoms with Crippen molar-refractivity contribution in [1.82, 2.24) is 0 Å². The largest absolute Gasteiger partial charge is 0.414 e. The maximum Gasteiger partial charge on any atom is 0.190 e. The molecule has 0 aliphatic heterocycles. The van der Waals surface area contributed by atoms with E-state index in [4.69, 9.17) is 9.53 Å². The fraction of sp³-hybridized carbons (Fsp3) is 0.750. The molecule has 0 heterocycles. The molecule has 0 saturated heterocycles. The molecule has 66 valence electrons. The van der Waals surface area contributed by atoms with Gasteiger partial charge < -0.3 is 9.53 Å². The molecule has 11 heavy (non-hydrogen) atoms. The van der Waals surface area contributed by atoms with Gasteiger partial charge in [-0.1, -0.05) is 6.08 Å². The zero-order valence-corrected chi connectivity index (χ0v) is 8.63. The van der Waals surface area contributed by atoms with Crippen LogP contribution < -0.4 is 0 Å². The third-order valence-electron chi connectivity index (χ3n) is 1.35. The summed E-state index contributed by atoms with van der Waals surface area (Å²) in [5.41, 5.74) is 0. The Morgan fingerprint density at radius 3 is 2.55 bits per heavy atom. The summed E-state index contributed by atoms with van der Waals surface area (Å²) in [5.74, 6) is 0. The topological polar surface area (TPSA) is 29.5 Å². The first-order chi connectivity index (χ1) is 4.98. The maximum atomic E-state index is 8.96. The van der Waals surface area contributed by atoms with Crippen molar-refractivity contribution in [2.75, 3.05) is 6.61 Å². The highest BCUT2D eigenvalue weighted by atomic mass is 28.4. The zero-order valence-electron chi connectivity index (χ0n) is 7.63. The van der Waals surface area contributed by atoms with Gasteiger partial charge in [0.25, 0.3) is 0 Å². The van der Waals surface area contributed by atoms with Gasteiger partial charge in [-0.25, -0.2) is 0 Å². The lowest BCUT2D eigenvalue weighted by atomic mass is 10.5. The number of hydrogen-bond acceptors (Lipinski definition) is 2. The maximum absolute atomic E-state index is 8.96. The van der Waals surface area contributed by atoms with Crippen LogP contribution in [-0.4, -0.2) is 26.1 Å². The first kappa shape index (κ1) is 10.9. The third-order valence-corrected chi connectivity index (χ3v) is 3.57. The van der Waals surface area contributed by atoms with Crippen LogP contribution in [0.3, 0.4) is 0 Å². The summed E-state index contributed by atoms with van der Waals surface area (Å²) >= 11 is 0. The zero-order chi connectivity index (χ0) is 8.91. The molecule has 1 unspecified atom stereocenters. The molecule has 0 bridgehead atoms. The Hall–Kier alpha value is -0.123. The van der Waals surface area contributed by atoms with Crippen LogP contribution >= 0.6 is 0 Å². The molecule has 0 aromatic heterocycles. The van der Waals surface area contributed by atoms with Gasteiger partial charge in [0, 0.05) is 0 Å². The minimum absolute atomic E-state index is 0.355. The van der Waals surface area contributed by atoms with Gasteiger partial charge in [0.2, 0.25) is 0 Å². The van der Waals surface area contributed by atoms with Crippen LogP contribution in [0.15, 0.2) is 12.7 Å². The van der Waals surface area contributed by atoms with E-state index in [0.717, 1.165) is 6.04 Å². The number of rotatable bonds is 5. The molecule has 0 aromatic rings. The smallest absolute Gasteiger partial charge is 0.190 e. The highest BCUT2D eigenvalue weighted by Gasteiger charge is 2.20. The van der Waals surface area contributed by atoms with Crippen LogP contribution in [0.4, 0.5) is 0 Å². The summed E-state index contributed by atoms with van der Waals surface area (Å²) in [6.45, 7) is 10.1. The van der Waals surface area contributed by atoms with Crippen molar-refractivity contribution in [2.45, 2.75) is 32.2 Å². The van der Waals surface area contributed by atoms with Gasteiger partial charge >= 0.3 is 0 Å². The van der Waals surface area contributed by atoms with Gasteiger partial charge in [-0.15, -0.1) is 6.58 Å². The van der Waals surface area contributed by atoms with E-state index in [0.29, 0.717) is 6.61 Å². The van der Waals surface area contributed by atoms with Gasteiger partial charge in [0.1, 0.15) is 0 Å². The predicted molar refractivity (Wildman–Crippen MR) is 50.1 cm³/mol. The Morgan fingerprint density at radius 1 is 1.64 bits per heavy atom. The quantitative estimate of drug-likeness (QED) is 0.508. The highest BCUT2D eigenvalue weighted by Crippen LogP contribution is 2.11. The summed E-state index contributed by atoms with van der Waals surface area (Å²) in [6.07, 6.45) is 1.53. The van der Waals surface area contributed by atoms with Crippen LogP contribution in [0.5, 0.6) is 0 Å². The van der Waals surface area contributed by atoms with E-state index in [9.17, 15) is 0 Å². The highest BCUT2D eigenvalue weighted by molar-refractivity contribution is 6.71. The number of aliphatic hydroxyl groups excluding tert-OH is 1. The van der Waals surface area contributed by atoms with E-state index in [-0.39, 0.29) is 6.10 Å². The standard InChI is InChI=1S/C8H18O2Si/c1-5-6-11(3,4)10-7-8(2)9/h5,8-9H,1,6-7H2,2-4H3. The normalized spacial score (nSPS) is 14.5. The monoisotopic (exact) mass is 174 g/mol. The lowest BCUT2D eigenvalue weighted by Gasteiger charge is -2.21. The van der Waals surface area contributed by atoms with E-state index in [1.54, 1.807) is 6.92 Å². The minimum atomic E-state index is -1.54. The Kier molecular flexibility index (Phi) is 4.64. The minimum Gasteiger partial charge on any atom is -0.414 e. The second-order valence-corrected chi connectivity index (χ2v) is 7.63. The average Bonchev–Trinajstić information content (AvgIpc) is 1.84. The Labute approximate surface area is 70.0 Å². The molecule has 0 aliphatic carbocycles. The van der Waals surface area contributed by atoms with Crippen molar-refractivity contribution < 1.29 is 9.53 Å². The van der Waals surface area contributed by atoms with Crippen LogP contribution in [0, 0.1) is 0 Å². The van der Waals surface area contributed by atoms with Crippen molar-refractivity contribution in [1.29, 1.82) is 0 Å². The van der Waals surface area contributed by atoms with Gasteiger partial charge in [0.15, 0.2) is 8.32 Å². The lowest BCUT2D eigenvalue weighted by molar-refractivity contribution is 0.118. The van der Waals surface area contributed by atoms with Gasteiger partial charge in [0.05, 0.1) is 12.7 Å². The molecule has 0 amide bonds. The van der Waals surface area contributed by atoms with Crippen LogP contribution in [0.1, 0.15) is 6.92 Å². The first-order valence-corrected chi connectivity index (χ1v) is 7.02. The molecule has 0 aliphatic rings. The molecule has 0 rings (SSSR count). The van der Waals surface area contributed by atoms with Crippen molar-refractivity contribution in [2.24, 2.45) is 0 Å². The Morgan fingerprint density at radius 2 is 2.18 bits per heavy atom. The number of hydrogen-bond donors (Lipinski definition) is 1. The van der Waals surface area contributed by atoms with E-state index >= 15 is 0 Å².